The van der Waals surface area contributed by atoms with E-state index in [1.807, 2.05) is 34.6 Å². The Morgan fingerprint density at radius 1 is 1.06 bits per heavy atom. The molecule has 1 aromatic rings. The lowest BCUT2D eigenvalue weighted by Crippen LogP contribution is -2.36. The maximum atomic E-state index is 12.2. The third-order valence-corrected chi connectivity index (χ3v) is 4.03. The van der Waals surface area contributed by atoms with E-state index >= 15 is 0 Å². The van der Waals surface area contributed by atoms with Crippen LogP contribution in [0.1, 0.15) is 34.6 Å². The van der Waals surface area contributed by atoms with Gasteiger partial charge in [-0.15, -0.1) is 0 Å². The van der Waals surface area contributed by atoms with E-state index in [0.29, 0.717) is 0 Å². The third-order valence-electron chi connectivity index (χ3n) is 2.72. The molecule has 0 aliphatic rings. The van der Waals surface area contributed by atoms with Gasteiger partial charge in [-0.05, 0) is 23.5 Å². The molecule has 0 saturated carbocycles. The molecule has 18 heavy (non-hydrogen) atoms. The van der Waals surface area contributed by atoms with Crippen molar-refractivity contribution in [3.8, 4) is 0 Å². The largest absolute Gasteiger partial charge is 0.297 e. The summed E-state index contributed by atoms with van der Waals surface area (Å²) in [5.74, 6) is 0.128. The molecule has 0 fully saturated rings. The van der Waals surface area contributed by atoms with Gasteiger partial charge in [-0.3, -0.25) is 4.18 Å². The molecule has 102 valence electrons. The maximum absolute atomic E-state index is 12.2. The average molecular weight is 270 g/mol. The summed E-state index contributed by atoms with van der Waals surface area (Å²) in [4.78, 5) is 0.208. The second-order valence-electron chi connectivity index (χ2n) is 5.89. The van der Waals surface area contributed by atoms with E-state index in [4.69, 9.17) is 4.18 Å². The Bertz CT molecular complexity index is 470. The minimum absolute atomic E-state index is 0.128. The molecule has 0 saturated heterocycles. The van der Waals surface area contributed by atoms with E-state index in [9.17, 15) is 8.42 Å². The van der Waals surface area contributed by atoms with Crippen molar-refractivity contribution < 1.29 is 12.6 Å². The van der Waals surface area contributed by atoms with Crippen molar-refractivity contribution in [2.75, 3.05) is 0 Å². The second kappa shape index (κ2) is 5.41. The van der Waals surface area contributed by atoms with Gasteiger partial charge in [0.05, 0.1) is 11.0 Å². The van der Waals surface area contributed by atoms with Crippen LogP contribution in [0.5, 0.6) is 0 Å². The molecule has 0 heterocycles. The van der Waals surface area contributed by atoms with E-state index in [2.05, 4.69) is 0 Å². The average Bonchev–Trinajstić information content (AvgIpc) is 2.25. The summed E-state index contributed by atoms with van der Waals surface area (Å²) in [6, 6.07) is 8.27. The van der Waals surface area contributed by atoms with Gasteiger partial charge in [-0.25, -0.2) is 0 Å². The third kappa shape index (κ3) is 3.82. The lowest BCUT2D eigenvalue weighted by Gasteiger charge is -2.32. The Hall–Kier alpha value is -0.870. The zero-order valence-corrected chi connectivity index (χ0v) is 12.5. The van der Waals surface area contributed by atoms with E-state index in [0.717, 1.165) is 0 Å². The van der Waals surface area contributed by atoms with Crippen LogP contribution in [0, 0.1) is 11.3 Å². The second-order valence-corrected chi connectivity index (χ2v) is 7.47. The Morgan fingerprint density at radius 3 is 1.94 bits per heavy atom. The Morgan fingerprint density at radius 2 is 1.56 bits per heavy atom. The lowest BCUT2D eigenvalue weighted by atomic mass is 9.83. The predicted molar refractivity (Wildman–Crippen MR) is 72.8 cm³/mol. The van der Waals surface area contributed by atoms with Gasteiger partial charge in [0.15, 0.2) is 0 Å². The van der Waals surface area contributed by atoms with Gasteiger partial charge in [-0.2, -0.15) is 8.42 Å². The van der Waals surface area contributed by atoms with E-state index in [1.54, 1.807) is 30.3 Å². The fraction of sp³-hybridized carbons (Fsp3) is 0.571. The van der Waals surface area contributed by atoms with Crippen molar-refractivity contribution in [2.45, 2.75) is 45.6 Å². The summed E-state index contributed by atoms with van der Waals surface area (Å²) >= 11 is 0. The highest BCUT2D eigenvalue weighted by molar-refractivity contribution is 7.86. The fourth-order valence-corrected chi connectivity index (χ4v) is 3.42. The van der Waals surface area contributed by atoms with Gasteiger partial charge in [-0.1, -0.05) is 52.8 Å². The minimum Gasteiger partial charge on any atom is -0.262 e. The van der Waals surface area contributed by atoms with Crippen LogP contribution >= 0.6 is 0 Å². The van der Waals surface area contributed by atoms with Crippen LogP contribution in [0.25, 0.3) is 0 Å². The molecule has 4 heteroatoms. The molecule has 3 nitrogen and oxygen atoms in total. The number of hydrogen-bond donors (Lipinski definition) is 0. The standard InChI is InChI=1S/C14H22O3S/c1-11(2)13(14(3,4)5)17-18(15,16)12-9-7-6-8-10-12/h6-11,13H,1-5H3. The normalized spacial score (nSPS) is 14.8. The summed E-state index contributed by atoms with van der Waals surface area (Å²) in [5, 5.41) is 0. The molecule has 0 amide bonds. The highest BCUT2D eigenvalue weighted by atomic mass is 32.2. The Kier molecular flexibility index (Phi) is 4.56. The van der Waals surface area contributed by atoms with Crippen LogP contribution in [-0.2, 0) is 14.3 Å². The topological polar surface area (TPSA) is 43.4 Å². The molecule has 1 aromatic carbocycles. The monoisotopic (exact) mass is 270 g/mol. The van der Waals surface area contributed by atoms with Gasteiger partial charge in [0.25, 0.3) is 10.1 Å². The van der Waals surface area contributed by atoms with Crippen LogP contribution < -0.4 is 0 Å². The zero-order chi connectivity index (χ0) is 14.0. The van der Waals surface area contributed by atoms with Crippen molar-refractivity contribution in [1.29, 1.82) is 0 Å². The smallest absolute Gasteiger partial charge is 0.262 e. The number of hydrogen-bond acceptors (Lipinski definition) is 3. The SMILES string of the molecule is CC(C)C(OS(=O)(=O)c1ccccc1)C(C)(C)C. The molecule has 0 aliphatic carbocycles. The highest BCUT2D eigenvalue weighted by Gasteiger charge is 2.33. The summed E-state index contributed by atoms with van der Waals surface area (Å²) < 4.78 is 29.8. The predicted octanol–water partition coefficient (Wildman–Crippen LogP) is 3.46. The molecule has 0 aromatic heterocycles. The fourth-order valence-electron chi connectivity index (χ4n) is 2.03. The summed E-state index contributed by atoms with van der Waals surface area (Å²) in [7, 11) is -3.69. The van der Waals surface area contributed by atoms with Crippen LogP contribution in [0.3, 0.4) is 0 Å². The first-order chi connectivity index (χ1) is 8.14. The molecule has 0 N–H and O–H groups in total. The van der Waals surface area contributed by atoms with Gasteiger partial charge in [0.2, 0.25) is 0 Å². The van der Waals surface area contributed by atoms with Crippen LogP contribution in [-0.4, -0.2) is 14.5 Å². The van der Waals surface area contributed by atoms with Crippen LogP contribution in [0.4, 0.5) is 0 Å². The van der Waals surface area contributed by atoms with Crippen molar-refractivity contribution >= 4 is 10.1 Å². The van der Waals surface area contributed by atoms with Crippen LogP contribution in [0.15, 0.2) is 35.2 Å². The molecule has 0 radical (unpaired) electrons. The molecule has 1 rings (SSSR count). The van der Waals surface area contributed by atoms with Crippen molar-refractivity contribution in [3.05, 3.63) is 30.3 Å². The van der Waals surface area contributed by atoms with E-state index in [-0.39, 0.29) is 22.3 Å². The lowest BCUT2D eigenvalue weighted by molar-refractivity contribution is 0.0530. The van der Waals surface area contributed by atoms with Crippen molar-refractivity contribution in [2.24, 2.45) is 11.3 Å². The van der Waals surface area contributed by atoms with E-state index in [1.165, 1.54) is 0 Å². The molecule has 0 spiro atoms. The molecule has 0 aliphatic heterocycles. The number of rotatable bonds is 4. The van der Waals surface area contributed by atoms with E-state index < -0.39 is 10.1 Å². The highest BCUT2D eigenvalue weighted by Crippen LogP contribution is 2.31. The summed E-state index contributed by atoms with van der Waals surface area (Å²) in [6.45, 7) is 9.89. The van der Waals surface area contributed by atoms with Gasteiger partial charge >= 0.3 is 0 Å². The van der Waals surface area contributed by atoms with Gasteiger partial charge in [0, 0.05) is 0 Å². The molecule has 0 bridgehead atoms. The zero-order valence-electron chi connectivity index (χ0n) is 11.7. The summed E-state index contributed by atoms with van der Waals surface area (Å²) in [6.07, 6.45) is -0.345. The quantitative estimate of drug-likeness (QED) is 0.787. The summed E-state index contributed by atoms with van der Waals surface area (Å²) in [5.41, 5.74) is -0.226. The minimum atomic E-state index is -3.69. The van der Waals surface area contributed by atoms with Gasteiger partial charge < -0.3 is 0 Å². The molecular weight excluding hydrogens is 248 g/mol. The molecular formula is C14H22O3S. The van der Waals surface area contributed by atoms with Crippen molar-refractivity contribution in [1.82, 2.24) is 0 Å². The number of benzene rings is 1. The van der Waals surface area contributed by atoms with Crippen molar-refractivity contribution in [3.63, 3.8) is 0 Å². The maximum Gasteiger partial charge on any atom is 0.297 e. The first-order valence-electron chi connectivity index (χ1n) is 6.13. The molecule has 1 atom stereocenters. The van der Waals surface area contributed by atoms with Crippen LogP contribution in [0.2, 0.25) is 0 Å². The Balaban J connectivity index is 3.02. The Labute approximate surface area is 110 Å². The van der Waals surface area contributed by atoms with Gasteiger partial charge in [0.1, 0.15) is 0 Å². The first-order valence-corrected chi connectivity index (χ1v) is 7.54. The molecule has 1 unspecified atom stereocenters. The first kappa shape index (κ1) is 15.2.